The summed E-state index contributed by atoms with van der Waals surface area (Å²) in [4.78, 5) is 29.7. The molecular formula is C14H18N2O4S. The van der Waals surface area contributed by atoms with E-state index in [2.05, 4.69) is 4.98 Å². The number of hydrogen-bond acceptors (Lipinski definition) is 6. The first-order chi connectivity index (χ1) is 9.97. The fraction of sp³-hybridized carbons (Fsp3) is 0.500. The Kier molecular flexibility index (Phi) is 4.74. The summed E-state index contributed by atoms with van der Waals surface area (Å²) >= 11 is 1.18. The molecule has 0 aliphatic carbocycles. The molecule has 0 aliphatic rings. The third-order valence-electron chi connectivity index (χ3n) is 3.14. The molecule has 0 aromatic carbocycles. The minimum absolute atomic E-state index is 0.0193. The molecule has 0 saturated heterocycles. The average Bonchev–Trinajstić information content (AvgIpc) is 2.77. The zero-order valence-electron chi connectivity index (χ0n) is 12.5. The Morgan fingerprint density at radius 1 is 1.43 bits per heavy atom. The van der Waals surface area contributed by atoms with E-state index in [4.69, 9.17) is 9.47 Å². The van der Waals surface area contributed by atoms with Crippen molar-refractivity contribution in [1.82, 2.24) is 9.55 Å². The number of carbonyl (C=O) groups is 1. The maximum atomic E-state index is 12.4. The molecule has 0 bridgehead atoms. The van der Waals surface area contributed by atoms with Crippen molar-refractivity contribution in [2.24, 2.45) is 0 Å². The summed E-state index contributed by atoms with van der Waals surface area (Å²) in [7, 11) is 1.54. The first kappa shape index (κ1) is 15.7. The topological polar surface area (TPSA) is 70.4 Å². The van der Waals surface area contributed by atoms with Gasteiger partial charge < -0.3 is 9.47 Å². The maximum absolute atomic E-state index is 12.4. The van der Waals surface area contributed by atoms with Gasteiger partial charge in [0.1, 0.15) is 16.3 Å². The maximum Gasteiger partial charge on any atom is 0.348 e. The van der Waals surface area contributed by atoms with Crippen molar-refractivity contribution in [3.63, 3.8) is 0 Å². The van der Waals surface area contributed by atoms with Crippen molar-refractivity contribution in [2.75, 3.05) is 20.3 Å². The van der Waals surface area contributed by atoms with E-state index in [-0.39, 0.29) is 18.2 Å². The van der Waals surface area contributed by atoms with Gasteiger partial charge in [0.05, 0.1) is 18.3 Å². The minimum atomic E-state index is -0.442. The van der Waals surface area contributed by atoms with E-state index < -0.39 is 5.97 Å². The van der Waals surface area contributed by atoms with Crippen LogP contribution in [0.2, 0.25) is 0 Å². The predicted molar refractivity (Wildman–Crippen MR) is 81.2 cm³/mol. The molecular weight excluding hydrogens is 292 g/mol. The van der Waals surface area contributed by atoms with Crippen molar-refractivity contribution >= 4 is 27.5 Å². The monoisotopic (exact) mass is 310 g/mol. The van der Waals surface area contributed by atoms with E-state index in [0.29, 0.717) is 27.3 Å². The third kappa shape index (κ3) is 2.98. The molecule has 0 saturated carbocycles. The molecule has 2 aromatic heterocycles. The van der Waals surface area contributed by atoms with Gasteiger partial charge in [0.2, 0.25) is 0 Å². The second kappa shape index (κ2) is 6.36. The second-order valence-corrected chi connectivity index (χ2v) is 5.91. The van der Waals surface area contributed by atoms with Crippen LogP contribution in [0.5, 0.6) is 0 Å². The number of rotatable bonds is 5. The van der Waals surface area contributed by atoms with Crippen molar-refractivity contribution in [3.05, 3.63) is 27.1 Å². The summed E-state index contributed by atoms with van der Waals surface area (Å²) in [6.45, 7) is 6.10. The third-order valence-corrected chi connectivity index (χ3v) is 4.32. The van der Waals surface area contributed by atoms with Crippen LogP contribution in [0.15, 0.2) is 11.1 Å². The van der Waals surface area contributed by atoms with Gasteiger partial charge >= 0.3 is 5.97 Å². The summed E-state index contributed by atoms with van der Waals surface area (Å²) in [5, 5.41) is 0.495. The van der Waals surface area contributed by atoms with E-state index in [1.807, 2.05) is 13.8 Å². The molecule has 114 valence electrons. The van der Waals surface area contributed by atoms with E-state index in [0.717, 1.165) is 0 Å². The summed E-state index contributed by atoms with van der Waals surface area (Å²) in [6, 6.07) is 0.0193. The van der Waals surface area contributed by atoms with Gasteiger partial charge in [0.15, 0.2) is 0 Å². The van der Waals surface area contributed by atoms with Crippen LogP contribution in [0.4, 0.5) is 0 Å². The highest BCUT2D eigenvalue weighted by molar-refractivity contribution is 7.20. The predicted octanol–water partition coefficient (Wildman–Crippen LogP) is 2.15. The van der Waals surface area contributed by atoms with Crippen LogP contribution in [0.25, 0.3) is 10.2 Å². The Morgan fingerprint density at radius 3 is 2.76 bits per heavy atom. The highest BCUT2D eigenvalue weighted by Crippen LogP contribution is 2.27. The van der Waals surface area contributed by atoms with Crippen molar-refractivity contribution < 1.29 is 14.3 Å². The molecule has 0 amide bonds. The molecule has 0 spiro atoms. The van der Waals surface area contributed by atoms with Crippen LogP contribution in [-0.2, 0) is 9.47 Å². The van der Waals surface area contributed by atoms with Gasteiger partial charge in [0.25, 0.3) is 5.56 Å². The Bertz CT molecular complexity index is 718. The Hall–Kier alpha value is -1.73. The van der Waals surface area contributed by atoms with Crippen LogP contribution in [0, 0.1) is 6.92 Å². The minimum Gasteiger partial charge on any atom is -0.459 e. The largest absolute Gasteiger partial charge is 0.459 e. The SMILES string of the molecule is COCCOC(=O)c1sc2ncn(C(C)C)c(=O)c2c1C. The summed E-state index contributed by atoms with van der Waals surface area (Å²) in [5.74, 6) is -0.442. The number of esters is 1. The van der Waals surface area contributed by atoms with Gasteiger partial charge in [-0.1, -0.05) is 0 Å². The number of hydrogen-bond donors (Lipinski definition) is 0. The molecule has 21 heavy (non-hydrogen) atoms. The lowest BCUT2D eigenvalue weighted by molar-refractivity contribution is 0.0393. The molecule has 0 unspecified atom stereocenters. The Balaban J connectivity index is 2.44. The molecule has 7 heteroatoms. The number of thiophene rings is 1. The van der Waals surface area contributed by atoms with Crippen molar-refractivity contribution in [2.45, 2.75) is 26.8 Å². The second-order valence-electron chi connectivity index (χ2n) is 4.92. The van der Waals surface area contributed by atoms with E-state index in [9.17, 15) is 9.59 Å². The molecule has 2 aromatic rings. The lowest BCUT2D eigenvalue weighted by Gasteiger charge is -2.08. The lowest BCUT2D eigenvalue weighted by atomic mass is 10.2. The molecule has 2 heterocycles. The number of carbonyl (C=O) groups excluding carboxylic acids is 1. The van der Waals surface area contributed by atoms with Crippen molar-refractivity contribution in [1.29, 1.82) is 0 Å². The highest BCUT2D eigenvalue weighted by Gasteiger charge is 2.20. The number of ether oxygens (including phenoxy) is 2. The Labute approximate surface area is 126 Å². The van der Waals surface area contributed by atoms with Gasteiger partial charge in [-0.15, -0.1) is 11.3 Å². The standard InChI is InChI=1S/C14H18N2O4S/c1-8(2)16-7-15-12-10(13(16)17)9(3)11(21-12)14(18)20-6-5-19-4/h7-8H,5-6H2,1-4H3. The van der Waals surface area contributed by atoms with Gasteiger partial charge in [-0.05, 0) is 26.3 Å². The summed E-state index contributed by atoms with van der Waals surface area (Å²) in [6.07, 6.45) is 1.52. The van der Waals surface area contributed by atoms with Crippen molar-refractivity contribution in [3.8, 4) is 0 Å². The number of methoxy groups -OCH3 is 1. The van der Waals surface area contributed by atoms with Gasteiger partial charge in [-0.25, -0.2) is 9.78 Å². The zero-order valence-corrected chi connectivity index (χ0v) is 13.3. The van der Waals surface area contributed by atoms with Crippen LogP contribution < -0.4 is 5.56 Å². The number of aryl methyl sites for hydroxylation is 1. The molecule has 2 rings (SSSR count). The van der Waals surface area contributed by atoms with E-state index in [1.165, 1.54) is 24.8 Å². The number of aromatic nitrogens is 2. The quantitative estimate of drug-likeness (QED) is 0.625. The van der Waals surface area contributed by atoms with E-state index >= 15 is 0 Å². The van der Waals surface area contributed by atoms with Crippen LogP contribution in [0.3, 0.4) is 0 Å². The van der Waals surface area contributed by atoms with Gasteiger partial charge in [-0.2, -0.15) is 0 Å². The zero-order chi connectivity index (χ0) is 15.6. The summed E-state index contributed by atoms with van der Waals surface area (Å²) < 4.78 is 11.5. The average molecular weight is 310 g/mol. The molecule has 0 aliphatic heterocycles. The van der Waals surface area contributed by atoms with E-state index in [1.54, 1.807) is 11.5 Å². The van der Waals surface area contributed by atoms with Crippen LogP contribution in [0.1, 0.15) is 35.1 Å². The fourth-order valence-electron chi connectivity index (χ4n) is 1.98. The van der Waals surface area contributed by atoms with Gasteiger partial charge in [0, 0.05) is 13.2 Å². The van der Waals surface area contributed by atoms with Gasteiger partial charge in [-0.3, -0.25) is 9.36 Å². The number of fused-ring (bicyclic) bond motifs is 1. The smallest absolute Gasteiger partial charge is 0.348 e. The molecule has 0 N–H and O–H groups in total. The molecule has 0 atom stereocenters. The fourth-order valence-corrected chi connectivity index (χ4v) is 3.02. The summed E-state index contributed by atoms with van der Waals surface area (Å²) in [5.41, 5.74) is 0.504. The molecule has 0 radical (unpaired) electrons. The highest BCUT2D eigenvalue weighted by atomic mass is 32.1. The normalized spacial score (nSPS) is 11.3. The lowest BCUT2D eigenvalue weighted by Crippen LogP contribution is -2.22. The van der Waals surface area contributed by atoms with Crippen LogP contribution in [-0.4, -0.2) is 35.8 Å². The first-order valence-corrected chi connectivity index (χ1v) is 7.45. The molecule has 6 nitrogen and oxygen atoms in total. The first-order valence-electron chi connectivity index (χ1n) is 6.63. The van der Waals surface area contributed by atoms with Crippen LogP contribution >= 0.6 is 11.3 Å². The Morgan fingerprint density at radius 2 is 2.14 bits per heavy atom. The number of nitrogens with zero attached hydrogens (tertiary/aromatic N) is 2. The molecule has 0 fully saturated rings.